The Kier molecular flexibility index (Phi) is 1.86. The highest BCUT2D eigenvalue weighted by Crippen LogP contribution is 2.16. The van der Waals surface area contributed by atoms with Crippen molar-refractivity contribution in [2.45, 2.75) is 0 Å². The van der Waals surface area contributed by atoms with Crippen molar-refractivity contribution in [2.24, 2.45) is 7.05 Å². The van der Waals surface area contributed by atoms with Crippen LogP contribution in [-0.4, -0.2) is 24.1 Å². The van der Waals surface area contributed by atoms with Crippen molar-refractivity contribution in [3.8, 4) is 0 Å². The number of hydrogen-bond donors (Lipinski definition) is 1. The molecule has 0 aromatic carbocycles. The molecule has 0 radical (unpaired) electrons. The molecular weight excluding hydrogens is 204 g/mol. The van der Waals surface area contributed by atoms with Crippen LogP contribution in [0.15, 0.2) is 37.2 Å². The van der Waals surface area contributed by atoms with Gasteiger partial charge in [0.05, 0.1) is 11.9 Å². The molecule has 0 bridgehead atoms. The van der Waals surface area contributed by atoms with E-state index in [0.717, 1.165) is 17.2 Å². The SMILES string of the molecule is Cn1cc(Nc2nccn3ccnc23)cn1. The largest absolute Gasteiger partial charge is 0.335 e. The molecule has 3 heterocycles. The average Bonchev–Trinajstić information content (AvgIpc) is 2.87. The van der Waals surface area contributed by atoms with Gasteiger partial charge in [-0.25, -0.2) is 9.97 Å². The summed E-state index contributed by atoms with van der Waals surface area (Å²) in [6.45, 7) is 0. The molecular formula is C10H10N6. The van der Waals surface area contributed by atoms with Crippen molar-refractivity contribution in [1.29, 1.82) is 0 Å². The molecule has 6 nitrogen and oxygen atoms in total. The molecule has 0 aliphatic carbocycles. The lowest BCUT2D eigenvalue weighted by atomic mass is 10.5. The van der Waals surface area contributed by atoms with E-state index in [2.05, 4.69) is 20.4 Å². The number of aryl methyl sites for hydroxylation is 1. The Balaban J connectivity index is 2.03. The lowest BCUT2D eigenvalue weighted by molar-refractivity contribution is 0.768. The molecule has 6 heteroatoms. The number of anilines is 2. The summed E-state index contributed by atoms with van der Waals surface area (Å²) in [4.78, 5) is 8.48. The van der Waals surface area contributed by atoms with Crippen LogP contribution < -0.4 is 5.32 Å². The Bertz CT molecular complexity index is 623. The Labute approximate surface area is 91.6 Å². The average molecular weight is 214 g/mol. The minimum atomic E-state index is 0.723. The van der Waals surface area contributed by atoms with Crippen LogP contribution in [-0.2, 0) is 7.05 Å². The van der Waals surface area contributed by atoms with E-state index in [0.29, 0.717) is 0 Å². The van der Waals surface area contributed by atoms with Crippen LogP contribution >= 0.6 is 0 Å². The number of nitrogens with one attached hydrogen (secondary N) is 1. The molecule has 16 heavy (non-hydrogen) atoms. The standard InChI is InChI=1S/C10H10N6/c1-15-7-8(6-13-15)14-9-10-12-3-5-16(10)4-2-11-9/h2-7H,1H3,(H,11,14). The fraction of sp³-hybridized carbons (Fsp3) is 0.100. The molecule has 0 unspecified atom stereocenters. The number of rotatable bonds is 2. The lowest BCUT2D eigenvalue weighted by Crippen LogP contribution is -1.96. The van der Waals surface area contributed by atoms with Crippen molar-refractivity contribution < 1.29 is 0 Å². The normalized spacial score (nSPS) is 10.8. The molecule has 0 saturated heterocycles. The maximum atomic E-state index is 4.25. The second-order valence-corrected chi connectivity index (χ2v) is 3.46. The number of nitrogens with zero attached hydrogens (tertiary/aromatic N) is 5. The smallest absolute Gasteiger partial charge is 0.180 e. The van der Waals surface area contributed by atoms with Gasteiger partial charge in [0.15, 0.2) is 11.5 Å². The van der Waals surface area contributed by atoms with E-state index in [4.69, 9.17) is 0 Å². The highest BCUT2D eigenvalue weighted by atomic mass is 15.3. The Hall–Kier alpha value is -2.37. The van der Waals surface area contributed by atoms with Gasteiger partial charge in [0, 0.05) is 38.0 Å². The zero-order chi connectivity index (χ0) is 11.0. The molecule has 80 valence electrons. The minimum Gasteiger partial charge on any atom is -0.335 e. The van der Waals surface area contributed by atoms with Crippen LogP contribution in [0.5, 0.6) is 0 Å². The second-order valence-electron chi connectivity index (χ2n) is 3.46. The van der Waals surface area contributed by atoms with Gasteiger partial charge in [-0.15, -0.1) is 0 Å². The van der Waals surface area contributed by atoms with Crippen LogP contribution in [0, 0.1) is 0 Å². The number of imidazole rings is 1. The van der Waals surface area contributed by atoms with Crippen molar-refractivity contribution in [3.63, 3.8) is 0 Å². The Morgan fingerprint density at radius 1 is 1.19 bits per heavy atom. The Morgan fingerprint density at radius 2 is 2.00 bits per heavy atom. The molecule has 3 aromatic rings. The van der Waals surface area contributed by atoms with Crippen LogP contribution in [0.25, 0.3) is 5.65 Å². The van der Waals surface area contributed by atoms with E-state index in [1.807, 2.05) is 30.0 Å². The van der Waals surface area contributed by atoms with Gasteiger partial charge in [-0.05, 0) is 0 Å². The quantitative estimate of drug-likeness (QED) is 0.696. The molecule has 0 aliphatic rings. The molecule has 1 N–H and O–H groups in total. The summed E-state index contributed by atoms with van der Waals surface area (Å²) < 4.78 is 3.64. The first-order valence-electron chi connectivity index (χ1n) is 4.86. The molecule has 0 atom stereocenters. The van der Waals surface area contributed by atoms with Gasteiger partial charge in [-0.1, -0.05) is 0 Å². The van der Waals surface area contributed by atoms with Gasteiger partial charge in [-0.2, -0.15) is 5.10 Å². The molecule has 0 spiro atoms. The van der Waals surface area contributed by atoms with Crippen LogP contribution in [0.3, 0.4) is 0 Å². The van der Waals surface area contributed by atoms with Gasteiger partial charge >= 0.3 is 0 Å². The van der Waals surface area contributed by atoms with E-state index in [1.54, 1.807) is 23.3 Å². The predicted molar refractivity (Wildman–Crippen MR) is 59.5 cm³/mol. The second kappa shape index (κ2) is 3.34. The number of hydrogen-bond acceptors (Lipinski definition) is 4. The summed E-state index contributed by atoms with van der Waals surface area (Å²) in [5, 5.41) is 7.26. The minimum absolute atomic E-state index is 0.723. The fourth-order valence-electron chi connectivity index (χ4n) is 1.56. The van der Waals surface area contributed by atoms with E-state index in [-0.39, 0.29) is 0 Å². The van der Waals surface area contributed by atoms with Gasteiger partial charge < -0.3 is 9.72 Å². The topological polar surface area (TPSA) is 60.0 Å². The van der Waals surface area contributed by atoms with E-state index in [9.17, 15) is 0 Å². The van der Waals surface area contributed by atoms with E-state index in [1.165, 1.54) is 0 Å². The lowest BCUT2D eigenvalue weighted by Gasteiger charge is -2.03. The molecule has 0 saturated carbocycles. The zero-order valence-corrected chi connectivity index (χ0v) is 8.70. The van der Waals surface area contributed by atoms with Crippen LogP contribution in [0.2, 0.25) is 0 Å². The summed E-state index contributed by atoms with van der Waals surface area (Å²) >= 11 is 0. The molecule has 0 fully saturated rings. The zero-order valence-electron chi connectivity index (χ0n) is 8.70. The first-order chi connectivity index (χ1) is 7.83. The van der Waals surface area contributed by atoms with Gasteiger partial charge in [-0.3, -0.25) is 4.68 Å². The number of aromatic nitrogens is 5. The molecule has 0 amide bonds. The molecule has 3 aromatic heterocycles. The predicted octanol–water partition coefficient (Wildman–Crippen LogP) is 1.21. The first kappa shape index (κ1) is 8.90. The third-order valence-electron chi connectivity index (χ3n) is 2.28. The monoisotopic (exact) mass is 214 g/mol. The molecule has 3 rings (SSSR count). The third kappa shape index (κ3) is 1.40. The summed E-state index contributed by atoms with van der Waals surface area (Å²) in [6, 6.07) is 0. The fourth-order valence-corrected chi connectivity index (χ4v) is 1.56. The van der Waals surface area contributed by atoms with Crippen LogP contribution in [0.4, 0.5) is 11.5 Å². The Morgan fingerprint density at radius 3 is 2.75 bits per heavy atom. The van der Waals surface area contributed by atoms with Gasteiger partial charge in [0.1, 0.15) is 0 Å². The van der Waals surface area contributed by atoms with Gasteiger partial charge in [0.2, 0.25) is 0 Å². The third-order valence-corrected chi connectivity index (χ3v) is 2.28. The van der Waals surface area contributed by atoms with Crippen molar-refractivity contribution in [2.75, 3.05) is 5.32 Å². The van der Waals surface area contributed by atoms with Crippen molar-refractivity contribution in [3.05, 3.63) is 37.2 Å². The summed E-state index contributed by atoms with van der Waals surface area (Å²) in [5.74, 6) is 0.723. The highest BCUT2D eigenvalue weighted by Gasteiger charge is 2.04. The van der Waals surface area contributed by atoms with Crippen LogP contribution in [0.1, 0.15) is 0 Å². The highest BCUT2D eigenvalue weighted by molar-refractivity contribution is 5.68. The maximum Gasteiger partial charge on any atom is 0.180 e. The van der Waals surface area contributed by atoms with Gasteiger partial charge in [0.25, 0.3) is 0 Å². The van der Waals surface area contributed by atoms with E-state index < -0.39 is 0 Å². The van der Waals surface area contributed by atoms with Crippen molar-refractivity contribution >= 4 is 17.2 Å². The first-order valence-corrected chi connectivity index (χ1v) is 4.86. The number of fused-ring (bicyclic) bond motifs is 1. The summed E-state index contributed by atoms with van der Waals surface area (Å²) in [5.41, 5.74) is 1.69. The summed E-state index contributed by atoms with van der Waals surface area (Å²) in [6.07, 6.45) is 10.8. The summed E-state index contributed by atoms with van der Waals surface area (Å²) in [7, 11) is 1.87. The van der Waals surface area contributed by atoms with Crippen molar-refractivity contribution in [1.82, 2.24) is 24.1 Å². The van der Waals surface area contributed by atoms with E-state index >= 15 is 0 Å². The maximum absolute atomic E-state index is 4.25. The molecule has 0 aliphatic heterocycles.